The van der Waals surface area contributed by atoms with E-state index in [9.17, 15) is 57.9 Å². The molecule has 0 aliphatic carbocycles. The van der Waals surface area contributed by atoms with Crippen LogP contribution in [-0.4, -0.2) is 77.2 Å². The molecule has 14 nitrogen and oxygen atoms in total. The lowest BCUT2D eigenvalue weighted by Crippen LogP contribution is -2.37. The number of aliphatic hydroxyl groups excluding tert-OH is 1. The zero-order valence-corrected chi connectivity index (χ0v) is 37.8. The molecule has 0 spiro atoms. The first-order chi connectivity index (χ1) is 29.3. The van der Waals surface area contributed by atoms with Crippen LogP contribution in [0, 0.1) is 11.8 Å². The molecular weight excluding hydrogens is 946 g/mol. The van der Waals surface area contributed by atoms with Gasteiger partial charge in [0, 0.05) is 64.7 Å². The van der Waals surface area contributed by atoms with E-state index in [-0.39, 0.29) is 68.2 Å². The molecule has 2 aliphatic rings. The molecular formula is C38H37ClF6N6O8S4. The van der Waals surface area contributed by atoms with Crippen molar-refractivity contribution in [1.82, 2.24) is 19.9 Å². The molecule has 0 amide bonds. The maximum Gasteiger partial charge on any atom is 0.446 e. The Morgan fingerprint density at radius 3 is 1.48 bits per heavy atom. The SMILES string of the molecule is CC(C)C(=O)Cl.CCN1c2nccnc2C(O)=C(c2ccccc2SC(F)(F)F)S1(=O)=O.CCN1c2nccnc2C(OC(=O)C(C)C)=C(c2ccccc2SC(F)(F)F)S1(=O)=O. The lowest BCUT2D eigenvalue weighted by Gasteiger charge is -2.31. The molecule has 25 heteroatoms. The lowest BCUT2D eigenvalue weighted by molar-refractivity contribution is -0.140. The second kappa shape index (κ2) is 20.3. The summed E-state index contributed by atoms with van der Waals surface area (Å²) in [7, 11) is -8.76. The topological polar surface area (TPSA) is 190 Å². The number of ether oxygens (including phenoxy) is 1. The molecule has 0 unspecified atom stereocenters. The highest BCUT2D eigenvalue weighted by Crippen LogP contribution is 2.48. The van der Waals surface area contributed by atoms with Crippen molar-refractivity contribution in [3.05, 3.63) is 95.8 Å². The van der Waals surface area contributed by atoms with Crippen LogP contribution in [0.2, 0.25) is 0 Å². The Morgan fingerprint density at radius 1 is 0.683 bits per heavy atom. The van der Waals surface area contributed by atoms with Gasteiger partial charge in [-0.2, -0.15) is 26.3 Å². The standard InChI is InChI=1S/C19H18F3N3O4S2.C15H12F3N3O3S2.C4H7ClO/c1-4-25-17-14(23-9-10-24-17)15(29-18(26)11(2)3)16(31(25,27)28)12-7-5-6-8-13(12)30-19(20,21)22;1-2-21-14-11(19-7-8-20-14)12(22)13(26(21,23)24)9-5-3-4-6-10(9)25-15(16,17)18;1-3(2)4(5)6/h5-11H,4H2,1-3H3;3-8,22H,2H2,1H3;3H,1-2H3. The maximum absolute atomic E-state index is 13.5. The van der Waals surface area contributed by atoms with Crippen molar-refractivity contribution in [1.29, 1.82) is 0 Å². The summed E-state index contributed by atoms with van der Waals surface area (Å²) in [6.07, 6.45) is 5.08. The van der Waals surface area contributed by atoms with Gasteiger partial charge in [-0.25, -0.2) is 45.4 Å². The largest absolute Gasteiger partial charge is 0.504 e. The minimum Gasteiger partial charge on any atom is -0.504 e. The van der Waals surface area contributed by atoms with E-state index < -0.39 is 87.8 Å². The molecule has 0 radical (unpaired) electrons. The van der Waals surface area contributed by atoms with Crippen LogP contribution < -0.4 is 8.61 Å². The number of sulfonamides is 2. The second-order valence-electron chi connectivity index (χ2n) is 13.3. The molecule has 4 aromatic rings. The van der Waals surface area contributed by atoms with Gasteiger partial charge in [-0.1, -0.05) is 64.1 Å². The number of aliphatic hydroxyl groups is 1. The van der Waals surface area contributed by atoms with Crippen molar-refractivity contribution in [3.8, 4) is 0 Å². The van der Waals surface area contributed by atoms with Gasteiger partial charge < -0.3 is 9.84 Å². The highest BCUT2D eigenvalue weighted by atomic mass is 35.5. The van der Waals surface area contributed by atoms with E-state index in [0.29, 0.717) is 0 Å². The van der Waals surface area contributed by atoms with Crippen LogP contribution in [0.3, 0.4) is 0 Å². The van der Waals surface area contributed by atoms with Crippen LogP contribution >= 0.6 is 35.1 Å². The fraction of sp³-hybridized carbons (Fsp3) is 0.316. The number of anilines is 2. The smallest absolute Gasteiger partial charge is 0.446 e. The van der Waals surface area contributed by atoms with E-state index in [1.165, 1.54) is 61.2 Å². The fourth-order valence-electron chi connectivity index (χ4n) is 5.47. The van der Waals surface area contributed by atoms with Gasteiger partial charge >= 0.3 is 17.0 Å². The summed E-state index contributed by atoms with van der Waals surface area (Å²) < 4.78 is 138. The first-order valence-corrected chi connectivity index (χ1v) is 23.1. The molecule has 2 aliphatic heterocycles. The summed E-state index contributed by atoms with van der Waals surface area (Å²) in [5, 5.41) is 10.3. The Balaban J connectivity index is 0.000000248. The molecule has 0 fully saturated rings. The van der Waals surface area contributed by atoms with Crippen molar-refractivity contribution >= 4 is 99.3 Å². The van der Waals surface area contributed by atoms with E-state index >= 15 is 0 Å². The van der Waals surface area contributed by atoms with Crippen LogP contribution in [0.4, 0.5) is 38.0 Å². The number of aromatic nitrogens is 4. The van der Waals surface area contributed by atoms with Crippen LogP contribution in [0.15, 0.2) is 83.1 Å². The summed E-state index contributed by atoms with van der Waals surface area (Å²) in [4.78, 5) is 36.4. The van der Waals surface area contributed by atoms with E-state index in [1.54, 1.807) is 41.5 Å². The van der Waals surface area contributed by atoms with Crippen molar-refractivity contribution in [2.75, 3.05) is 21.7 Å². The monoisotopic (exact) mass is 982 g/mol. The molecule has 6 rings (SSSR count). The maximum atomic E-state index is 13.5. The summed E-state index contributed by atoms with van der Waals surface area (Å²) >= 11 is 4.07. The number of benzene rings is 2. The van der Waals surface area contributed by atoms with E-state index in [2.05, 4.69) is 19.9 Å². The minimum absolute atomic E-state index is 0.0216. The lowest BCUT2D eigenvalue weighted by atomic mass is 10.1. The molecule has 4 heterocycles. The van der Waals surface area contributed by atoms with Crippen LogP contribution in [0.1, 0.15) is 64.1 Å². The number of nitrogens with zero attached hydrogens (tertiary/aromatic N) is 6. The van der Waals surface area contributed by atoms with Crippen molar-refractivity contribution in [3.63, 3.8) is 0 Å². The number of esters is 1. The van der Waals surface area contributed by atoms with Crippen molar-refractivity contribution in [2.45, 2.75) is 62.4 Å². The molecule has 2 aromatic carbocycles. The average Bonchev–Trinajstić information content (AvgIpc) is 3.18. The zero-order chi connectivity index (χ0) is 47.2. The summed E-state index contributed by atoms with van der Waals surface area (Å²) in [5.74, 6) is -2.72. The number of fused-ring (bicyclic) bond motifs is 2. The van der Waals surface area contributed by atoms with E-state index in [0.717, 1.165) is 20.7 Å². The number of hydrogen-bond donors (Lipinski definition) is 1. The third kappa shape index (κ3) is 11.8. The number of alkyl halides is 6. The van der Waals surface area contributed by atoms with Gasteiger partial charge in [0.2, 0.25) is 5.24 Å². The number of carbonyl (C=O) groups excluding carboxylic acids is 2. The van der Waals surface area contributed by atoms with Crippen LogP contribution in [0.5, 0.6) is 0 Å². The molecule has 0 saturated heterocycles. The summed E-state index contributed by atoms with van der Waals surface area (Å²) in [5.41, 5.74) is -9.92. The summed E-state index contributed by atoms with van der Waals surface area (Å²) in [6.45, 7) is 9.62. The molecule has 0 bridgehead atoms. The Morgan fingerprint density at radius 2 is 1.06 bits per heavy atom. The molecule has 1 N–H and O–H groups in total. The number of rotatable bonds is 9. The number of halogens is 7. The van der Waals surface area contributed by atoms with Gasteiger partial charge in [0.1, 0.15) is 15.5 Å². The Kier molecular flexibility index (Phi) is 16.3. The van der Waals surface area contributed by atoms with Gasteiger partial charge in [0.05, 0.1) is 5.92 Å². The first-order valence-electron chi connectivity index (χ1n) is 18.2. The molecule has 340 valence electrons. The van der Waals surface area contributed by atoms with Crippen molar-refractivity contribution in [2.24, 2.45) is 11.8 Å². The third-order valence-electron chi connectivity index (χ3n) is 8.20. The van der Waals surface area contributed by atoms with Gasteiger partial charge in [-0.15, -0.1) is 0 Å². The Hall–Kier alpha value is -4.91. The van der Waals surface area contributed by atoms with E-state index in [1.807, 2.05) is 0 Å². The molecule has 0 atom stereocenters. The van der Waals surface area contributed by atoms with Gasteiger partial charge in [0.25, 0.3) is 20.0 Å². The molecule has 2 aromatic heterocycles. The van der Waals surface area contributed by atoms with Gasteiger partial charge in [-0.05, 0) is 61.1 Å². The highest BCUT2D eigenvalue weighted by Gasteiger charge is 2.44. The predicted molar refractivity (Wildman–Crippen MR) is 228 cm³/mol. The predicted octanol–water partition coefficient (Wildman–Crippen LogP) is 9.33. The van der Waals surface area contributed by atoms with Crippen LogP contribution in [0.25, 0.3) is 21.3 Å². The Labute approximate surface area is 371 Å². The van der Waals surface area contributed by atoms with Gasteiger partial charge in [0.15, 0.2) is 28.8 Å². The quantitative estimate of drug-likeness (QED) is 0.0722. The normalized spacial score (nSPS) is 15.5. The van der Waals surface area contributed by atoms with E-state index in [4.69, 9.17) is 16.3 Å². The second-order valence-corrected chi connectivity index (χ2v) is 19.4. The number of carbonyl (C=O) groups is 2. The number of hydrogen-bond acceptors (Lipinski definition) is 14. The average molecular weight is 983 g/mol. The van der Waals surface area contributed by atoms with Crippen LogP contribution in [-0.2, 0) is 34.4 Å². The molecule has 0 saturated carbocycles. The minimum atomic E-state index is -4.66. The highest BCUT2D eigenvalue weighted by molar-refractivity contribution is 8.03. The zero-order valence-electron chi connectivity index (χ0n) is 33.8. The number of thioether (sulfide) groups is 2. The Bertz CT molecular complexity index is 2650. The first kappa shape index (κ1) is 50.7. The van der Waals surface area contributed by atoms with Gasteiger partial charge in [-0.3, -0.25) is 9.59 Å². The third-order valence-corrected chi connectivity index (χ3v) is 14.1. The van der Waals surface area contributed by atoms with Crippen molar-refractivity contribution < 1.29 is 62.6 Å². The summed E-state index contributed by atoms with van der Waals surface area (Å²) in [6, 6.07) is 10.3. The fourth-order valence-corrected chi connectivity index (χ4v) is 10.4. The molecule has 63 heavy (non-hydrogen) atoms.